The standard InChI is InChI=1S/C24H21Cl2N3O/c1-16-15-29(11-5-8-17-6-3-2-4-7-17)22-12-18(9-10-19(16)22)24(30)28-23-20(25)13-27-14-21(23)26/h2-4,6-7,9-10,12-15H,5,8,11H2,1H3,(H,27,28,30). The number of anilines is 1. The summed E-state index contributed by atoms with van der Waals surface area (Å²) >= 11 is 12.3. The quantitative estimate of drug-likeness (QED) is 0.372. The molecule has 0 radical (unpaired) electrons. The van der Waals surface area contributed by atoms with E-state index >= 15 is 0 Å². The third kappa shape index (κ3) is 4.35. The Bertz CT molecular complexity index is 1180. The minimum atomic E-state index is -0.262. The second kappa shape index (κ2) is 8.90. The lowest BCUT2D eigenvalue weighted by molar-refractivity contribution is 0.102. The van der Waals surface area contributed by atoms with E-state index in [0.717, 1.165) is 30.3 Å². The number of fused-ring (bicyclic) bond motifs is 1. The number of halogens is 2. The average molecular weight is 438 g/mol. The maximum atomic E-state index is 12.8. The number of carbonyl (C=O) groups excluding carboxylic acids is 1. The minimum Gasteiger partial charge on any atom is -0.347 e. The van der Waals surface area contributed by atoms with Gasteiger partial charge < -0.3 is 9.88 Å². The van der Waals surface area contributed by atoms with Gasteiger partial charge in [0.05, 0.1) is 15.7 Å². The highest BCUT2D eigenvalue weighted by Gasteiger charge is 2.14. The molecule has 1 amide bonds. The molecule has 0 aliphatic carbocycles. The monoisotopic (exact) mass is 437 g/mol. The predicted molar refractivity (Wildman–Crippen MR) is 124 cm³/mol. The van der Waals surface area contributed by atoms with Crippen LogP contribution < -0.4 is 5.32 Å². The van der Waals surface area contributed by atoms with Gasteiger partial charge in [0, 0.05) is 41.6 Å². The first-order valence-electron chi connectivity index (χ1n) is 9.76. The van der Waals surface area contributed by atoms with Crippen molar-refractivity contribution >= 4 is 45.7 Å². The molecule has 4 rings (SSSR count). The fourth-order valence-corrected chi connectivity index (χ4v) is 4.08. The van der Waals surface area contributed by atoms with Crippen LogP contribution in [0, 0.1) is 6.92 Å². The van der Waals surface area contributed by atoms with Gasteiger partial charge in [-0.2, -0.15) is 0 Å². The second-order valence-electron chi connectivity index (χ2n) is 7.26. The molecule has 4 nitrogen and oxygen atoms in total. The van der Waals surface area contributed by atoms with E-state index < -0.39 is 0 Å². The molecule has 4 aromatic rings. The highest BCUT2D eigenvalue weighted by atomic mass is 35.5. The summed E-state index contributed by atoms with van der Waals surface area (Å²) in [6.45, 7) is 2.97. The Morgan fingerprint density at radius 2 is 1.80 bits per heavy atom. The summed E-state index contributed by atoms with van der Waals surface area (Å²) in [5, 5.41) is 4.55. The van der Waals surface area contributed by atoms with Crippen molar-refractivity contribution in [1.29, 1.82) is 0 Å². The third-order valence-corrected chi connectivity index (χ3v) is 5.72. The van der Waals surface area contributed by atoms with E-state index in [1.54, 1.807) is 0 Å². The van der Waals surface area contributed by atoms with Crippen molar-refractivity contribution in [3.8, 4) is 0 Å². The zero-order valence-corrected chi connectivity index (χ0v) is 18.0. The summed E-state index contributed by atoms with van der Waals surface area (Å²) < 4.78 is 2.22. The Morgan fingerprint density at radius 1 is 1.07 bits per heavy atom. The number of carbonyl (C=O) groups is 1. The lowest BCUT2D eigenvalue weighted by Gasteiger charge is -2.10. The van der Waals surface area contributed by atoms with Crippen molar-refractivity contribution in [2.75, 3.05) is 5.32 Å². The number of amides is 1. The lowest BCUT2D eigenvalue weighted by atomic mass is 10.1. The molecule has 0 bridgehead atoms. The number of pyridine rings is 1. The third-order valence-electron chi connectivity index (χ3n) is 5.14. The number of hydrogen-bond acceptors (Lipinski definition) is 2. The van der Waals surface area contributed by atoms with Gasteiger partial charge in [0.25, 0.3) is 5.91 Å². The Kier molecular flexibility index (Phi) is 6.07. The van der Waals surface area contributed by atoms with Crippen LogP contribution in [-0.2, 0) is 13.0 Å². The minimum absolute atomic E-state index is 0.262. The number of rotatable bonds is 6. The average Bonchev–Trinajstić information content (AvgIpc) is 3.06. The molecular formula is C24H21Cl2N3O. The fraction of sp³-hybridized carbons (Fsp3) is 0.167. The van der Waals surface area contributed by atoms with Crippen LogP contribution in [0.3, 0.4) is 0 Å². The molecule has 0 saturated heterocycles. The van der Waals surface area contributed by atoms with Gasteiger partial charge in [-0.15, -0.1) is 0 Å². The van der Waals surface area contributed by atoms with Crippen LogP contribution in [0.2, 0.25) is 10.0 Å². The van der Waals surface area contributed by atoms with Gasteiger partial charge in [-0.25, -0.2) is 0 Å². The summed E-state index contributed by atoms with van der Waals surface area (Å²) in [6, 6.07) is 16.2. The van der Waals surface area contributed by atoms with Gasteiger partial charge in [-0.1, -0.05) is 59.6 Å². The van der Waals surface area contributed by atoms with E-state index in [4.69, 9.17) is 23.2 Å². The smallest absolute Gasteiger partial charge is 0.255 e. The van der Waals surface area contributed by atoms with Crippen LogP contribution in [0.25, 0.3) is 10.9 Å². The van der Waals surface area contributed by atoms with Crippen molar-refractivity contribution in [1.82, 2.24) is 9.55 Å². The second-order valence-corrected chi connectivity index (χ2v) is 8.07. The number of aromatic nitrogens is 2. The van der Waals surface area contributed by atoms with Gasteiger partial charge >= 0.3 is 0 Å². The molecule has 0 spiro atoms. The summed E-state index contributed by atoms with van der Waals surface area (Å²) in [5.74, 6) is -0.262. The lowest BCUT2D eigenvalue weighted by Crippen LogP contribution is -2.13. The molecule has 0 saturated carbocycles. The van der Waals surface area contributed by atoms with Crippen LogP contribution in [0.15, 0.2) is 67.1 Å². The molecule has 1 N–H and O–H groups in total. The van der Waals surface area contributed by atoms with Gasteiger partial charge in [-0.3, -0.25) is 9.78 Å². The van der Waals surface area contributed by atoms with Crippen LogP contribution >= 0.6 is 23.2 Å². The molecule has 0 atom stereocenters. The Hall–Kier alpha value is -2.82. The van der Waals surface area contributed by atoms with Crippen molar-refractivity contribution in [3.05, 3.63) is 93.9 Å². The molecule has 152 valence electrons. The van der Waals surface area contributed by atoms with Crippen LogP contribution in [0.5, 0.6) is 0 Å². The van der Waals surface area contributed by atoms with E-state index in [9.17, 15) is 4.79 Å². The molecule has 0 fully saturated rings. The molecule has 2 heterocycles. The molecule has 6 heteroatoms. The zero-order valence-electron chi connectivity index (χ0n) is 16.5. The van der Waals surface area contributed by atoms with E-state index in [-0.39, 0.29) is 5.91 Å². The fourth-order valence-electron chi connectivity index (χ4n) is 3.62. The molecule has 0 aliphatic rings. The number of aryl methyl sites for hydroxylation is 3. The first kappa shape index (κ1) is 20.5. The summed E-state index contributed by atoms with van der Waals surface area (Å²) in [7, 11) is 0. The van der Waals surface area contributed by atoms with Crippen molar-refractivity contribution in [2.24, 2.45) is 0 Å². The molecular weight excluding hydrogens is 417 g/mol. The van der Waals surface area contributed by atoms with E-state index in [1.807, 2.05) is 24.3 Å². The van der Waals surface area contributed by atoms with Crippen LogP contribution in [-0.4, -0.2) is 15.5 Å². The molecule has 2 aromatic heterocycles. The Morgan fingerprint density at radius 3 is 2.53 bits per heavy atom. The predicted octanol–water partition coefficient (Wildman–Crippen LogP) is 6.54. The number of hydrogen-bond donors (Lipinski definition) is 1. The number of nitrogens with zero attached hydrogens (tertiary/aromatic N) is 2. The zero-order chi connectivity index (χ0) is 21.1. The first-order chi connectivity index (χ1) is 14.5. The summed E-state index contributed by atoms with van der Waals surface area (Å²) in [6.07, 6.45) is 7.08. The molecule has 30 heavy (non-hydrogen) atoms. The summed E-state index contributed by atoms with van der Waals surface area (Å²) in [4.78, 5) is 16.7. The highest BCUT2D eigenvalue weighted by Crippen LogP contribution is 2.29. The van der Waals surface area contributed by atoms with Gasteiger partial charge in [0.2, 0.25) is 0 Å². The Labute approximate surface area is 185 Å². The molecule has 0 aliphatic heterocycles. The maximum Gasteiger partial charge on any atom is 0.255 e. The number of benzene rings is 2. The van der Waals surface area contributed by atoms with E-state index in [1.165, 1.54) is 23.5 Å². The normalized spacial score (nSPS) is 11.0. The molecule has 2 aromatic carbocycles. The van der Waals surface area contributed by atoms with Gasteiger partial charge in [-0.05, 0) is 43.0 Å². The van der Waals surface area contributed by atoms with Gasteiger partial charge in [0.15, 0.2) is 0 Å². The first-order valence-corrected chi connectivity index (χ1v) is 10.5. The Balaban J connectivity index is 1.55. The summed E-state index contributed by atoms with van der Waals surface area (Å²) in [5.41, 5.74) is 4.48. The van der Waals surface area contributed by atoms with Crippen molar-refractivity contribution in [2.45, 2.75) is 26.3 Å². The van der Waals surface area contributed by atoms with E-state index in [2.05, 4.69) is 52.3 Å². The largest absolute Gasteiger partial charge is 0.347 e. The maximum absolute atomic E-state index is 12.8. The molecule has 0 unspecified atom stereocenters. The van der Waals surface area contributed by atoms with Crippen molar-refractivity contribution in [3.63, 3.8) is 0 Å². The van der Waals surface area contributed by atoms with Gasteiger partial charge in [0.1, 0.15) is 0 Å². The van der Waals surface area contributed by atoms with Crippen molar-refractivity contribution < 1.29 is 4.79 Å². The van der Waals surface area contributed by atoms with Crippen LogP contribution in [0.4, 0.5) is 5.69 Å². The highest BCUT2D eigenvalue weighted by molar-refractivity contribution is 6.39. The van der Waals surface area contributed by atoms with E-state index in [0.29, 0.717) is 21.3 Å². The topological polar surface area (TPSA) is 46.9 Å². The number of nitrogens with one attached hydrogen (secondary N) is 1. The van der Waals surface area contributed by atoms with Crippen LogP contribution in [0.1, 0.15) is 27.9 Å². The SMILES string of the molecule is Cc1cn(CCCc2ccccc2)c2cc(C(=O)Nc3c(Cl)cncc3Cl)ccc12.